The van der Waals surface area contributed by atoms with Crippen molar-refractivity contribution < 1.29 is 9.53 Å². The van der Waals surface area contributed by atoms with E-state index in [1.54, 1.807) is 0 Å². The summed E-state index contributed by atoms with van der Waals surface area (Å²) >= 11 is 3.42. The molecule has 0 saturated carbocycles. The number of ether oxygens (including phenoxy) is 1. The highest BCUT2D eigenvalue weighted by molar-refractivity contribution is 9.10. The number of nitrogens with one attached hydrogen (secondary N) is 1. The van der Waals surface area contributed by atoms with E-state index < -0.39 is 0 Å². The van der Waals surface area contributed by atoms with Crippen molar-refractivity contribution in [3.05, 3.63) is 34.4 Å². The molecule has 2 rings (SSSR count). The second kappa shape index (κ2) is 4.89. The minimum absolute atomic E-state index is 0.177. The Morgan fingerprint density at radius 2 is 2.35 bits per heavy atom. The molecule has 0 aliphatic heterocycles. The largest absolute Gasteiger partial charge is 0.469 e. The fourth-order valence-corrected chi connectivity index (χ4v) is 2.16. The Balaban J connectivity index is 2.35. The monoisotopic (exact) mass is 296 g/mol. The number of carbonyl (C=O) groups is 1. The Bertz CT molecular complexity index is 550. The third-order valence-electron chi connectivity index (χ3n) is 2.69. The number of hydrogen-bond donors (Lipinski definition) is 2. The van der Waals surface area contributed by atoms with Gasteiger partial charge in [-0.05, 0) is 23.8 Å². The zero-order chi connectivity index (χ0) is 12.4. The van der Waals surface area contributed by atoms with Crippen LogP contribution in [-0.4, -0.2) is 18.1 Å². The molecule has 2 aromatic rings. The smallest absolute Gasteiger partial charge is 0.307 e. The van der Waals surface area contributed by atoms with Crippen LogP contribution in [0.4, 0.5) is 0 Å². The van der Waals surface area contributed by atoms with Gasteiger partial charge >= 0.3 is 5.97 Å². The van der Waals surface area contributed by atoms with Crippen LogP contribution in [-0.2, 0) is 9.53 Å². The van der Waals surface area contributed by atoms with Gasteiger partial charge in [0.1, 0.15) is 0 Å². The molecule has 4 nitrogen and oxygen atoms in total. The fraction of sp³-hybridized carbons (Fsp3) is 0.250. The minimum atomic E-state index is -0.356. The first-order valence-corrected chi connectivity index (χ1v) is 6.00. The molecule has 0 bridgehead atoms. The third kappa shape index (κ3) is 2.50. The molecule has 1 aromatic carbocycles. The van der Waals surface area contributed by atoms with Gasteiger partial charge in [-0.25, -0.2) is 0 Å². The average molecular weight is 297 g/mol. The van der Waals surface area contributed by atoms with Crippen molar-refractivity contribution in [2.45, 2.75) is 12.5 Å². The van der Waals surface area contributed by atoms with Crippen molar-refractivity contribution in [3.63, 3.8) is 0 Å². The van der Waals surface area contributed by atoms with Gasteiger partial charge in [-0.2, -0.15) is 0 Å². The Labute approximate surface area is 107 Å². The maximum absolute atomic E-state index is 11.2. The van der Waals surface area contributed by atoms with Crippen LogP contribution in [0.25, 0.3) is 10.9 Å². The van der Waals surface area contributed by atoms with Crippen LogP contribution in [0.15, 0.2) is 28.9 Å². The van der Waals surface area contributed by atoms with Gasteiger partial charge < -0.3 is 15.5 Å². The molecule has 0 radical (unpaired) electrons. The average Bonchev–Trinajstić information content (AvgIpc) is 2.71. The number of fused-ring (bicyclic) bond motifs is 1. The van der Waals surface area contributed by atoms with Gasteiger partial charge in [-0.15, -0.1) is 0 Å². The lowest BCUT2D eigenvalue weighted by Crippen LogP contribution is -2.15. The molecule has 5 heteroatoms. The van der Waals surface area contributed by atoms with Crippen LogP contribution in [0.5, 0.6) is 0 Å². The molecule has 1 aromatic heterocycles. The maximum atomic E-state index is 11.2. The van der Waals surface area contributed by atoms with E-state index in [1.165, 1.54) is 7.11 Å². The Morgan fingerprint density at radius 1 is 1.59 bits per heavy atom. The molecule has 17 heavy (non-hydrogen) atoms. The lowest BCUT2D eigenvalue weighted by molar-refractivity contribution is -0.141. The Kier molecular flexibility index (Phi) is 3.49. The van der Waals surface area contributed by atoms with E-state index in [0.717, 1.165) is 20.9 Å². The summed E-state index contributed by atoms with van der Waals surface area (Å²) < 4.78 is 5.60. The molecular formula is C12H13BrN2O2. The van der Waals surface area contributed by atoms with Gasteiger partial charge in [-0.1, -0.05) is 15.9 Å². The zero-order valence-electron chi connectivity index (χ0n) is 9.37. The van der Waals surface area contributed by atoms with E-state index >= 15 is 0 Å². The maximum Gasteiger partial charge on any atom is 0.307 e. The van der Waals surface area contributed by atoms with E-state index in [4.69, 9.17) is 5.73 Å². The molecule has 0 amide bonds. The van der Waals surface area contributed by atoms with Gasteiger partial charge in [0.15, 0.2) is 0 Å². The normalized spacial score (nSPS) is 12.6. The number of benzene rings is 1. The molecule has 1 atom stereocenters. The predicted molar refractivity (Wildman–Crippen MR) is 69.6 cm³/mol. The second-order valence-electron chi connectivity index (χ2n) is 3.82. The third-order valence-corrected chi connectivity index (χ3v) is 3.18. The lowest BCUT2D eigenvalue weighted by atomic mass is 10.0. The van der Waals surface area contributed by atoms with Crippen LogP contribution < -0.4 is 5.73 Å². The Morgan fingerprint density at radius 3 is 3.06 bits per heavy atom. The van der Waals surface area contributed by atoms with Crippen LogP contribution in [0.2, 0.25) is 0 Å². The molecule has 0 aliphatic carbocycles. The molecule has 3 N–H and O–H groups in total. The summed E-state index contributed by atoms with van der Waals surface area (Å²) in [6.07, 6.45) is 2.01. The van der Waals surface area contributed by atoms with Gasteiger partial charge in [-0.3, -0.25) is 4.79 Å². The summed E-state index contributed by atoms with van der Waals surface area (Å²) in [7, 11) is 1.36. The van der Waals surface area contributed by atoms with Gasteiger partial charge in [0.05, 0.1) is 13.5 Å². The van der Waals surface area contributed by atoms with E-state index in [0.29, 0.717) is 0 Å². The van der Waals surface area contributed by atoms with Crippen molar-refractivity contribution in [1.82, 2.24) is 4.98 Å². The van der Waals surface area contributed by atoms with Crippen molar-refractivity contribution >= 4 is 32.8 Å². The number of methoxy groups -OCH3 is 1. The number of carbonyl (C=O) groups excluding carboxylic acids is 1. The standard InChI is InChI=1S/C12H13BrN2O2/c1-17-12(16)5-10(14)9-6-15-11-3-2-7(13)4-8(9)11/h2-4,6,10,15H,5,14H2,1H3/t10-/m0/s1. The van der Waals surface area contributed by atoms with E-state index in [9.17, 15) is 4.79 Å². The first-order valence-electron chi connectivity index (χ1n) is 5.20. The summed E-state index contributed by atoms with van der Waals surface area (Å²) in [6.45, 7) is 0. The molecular weight excluding hydrogens is 284 g/mol. The fourth-order valence-electron chi connectivity index (χ4n) is 1.79. The number of esters is 1. The SMILES string of the molecule is COC(=O)C[C@H](N)c1c[nH]c2ccc(Br)cc12. The van der Waals surface area contributed by atoms with Crippen molar-refractivity contribution in [3.8, 4) is 0 Å². The van der Waals surface area contributed by atoms with Gasteiger partial charge in [0.2, 0.25) is 0 Å². The number of aromatic amines is 1. The lowest BCUT2D eigenvalue weighted by Gasteiger charge is -2.09. The van der Waals surface area contributed by atoms with Crippen molar-refractivity contribution in [2.24, 2.45) is 5.73 Å². The molecule has 0 aliphatic rings. The highest BCUT2D eigenvalue weighted by atomic mass is 79.9. The van der Waals surface area contributed by atoms with Gasteiger partial charge in [0, 0.05) is 27.6 Å². The Hall–Kier alpha value is -1.33. The van der Waals surface area contributed by atoms with Crippen LogP contribution in [0, 0.1) is 0 Å². The summed E-state index contributed by atoms with van der Waals surface area (Å²) in [5, 5.41) is 1.02. The first kappa shape index (κ1) is 12.1. The topological polar surface area (TPSA) is 68.1 Å². The second-order valence-corrected chi connectivity index (χ2v) is 4.74. The summed E-state index contributed by atoms with van der Waals surface area (Å²) in [5.74, 6) is -0.304. The van der Waals surface area contributed by atoms with E-state index in [1.807, 2.05) is 24.4 Å². The minimum Gasteiger partial charge on any atom is -0.469 e. The number of halogens is 1. The van der Waals surface area contributed by atoms with Gasteiger partial charge in [0.25, 0.3) is 0 Å². The number of rotatable bonds is 3. The first-order chi connectivity index (χ1) is 8.11. The van der Waals surface area contributed by atoms with Crippen LogP contribution in [0.1, 0.15) is 18.0 Å². The number of H-pyrrole nitrogens is 1. The molecule has 90 valence electrons. The van der Waals surface area contributed by atoms with Crippen molar-refractivity contribution in [2.75, 3.05) is 7.11 Å². The van der Waals surface area contributed by atoms with E-state index in [2.05, 4.69) is 25.7 Å². The summed E-state index contributed by atoms with van der Waals surface area (Å²) in [4.78, 5) is 14.3. The predicted octanol–water partition coefficient (Wildman–Crippen LogP) is 2.49. The molecule has 1 heterocycles. The number of nitrogens with two attached hydrogens (primary N) is 1. The highest BCUT2D eigenvalue weighted by Crippen LogP contribution is 2.27. The summed E-state index contributed by atoms with van der Waals surface area (Å²) in [5.41, 5.74) is 7.92. The quantitative estimate of drug-likeness (QED) is 0.855. The summed E-state index contributed by atoms with van der Waals surface area (Å²) in [6, 6.07) is 5.55. The molecule has 0 saturated heterocycles. The number of aromatic nitrogens is 1. The molecule has 0 fully saturated rings. The highest BCUT2D eigenvalue weighted by Gasteiger charge is 2.15. The zero-order valence-corrected chi connectivity index (χ0v) is 11.0. The van der Waals surface area contributed by atoms with Crippen molar-refractivity contribution in [1.29, 1.82) is 0 Å². The number of hydrogen-bond acceptors (Lipinski definition) is 3. The van der Waals surface area contributed by atoms with E-state index in [-0.39, 0.29) is 18.4 Å². The molecule has 0 unspecified atom stereocenters. The van der Waals surface area contributed by atoms with Crippen LogP contribution >= 0.6 is 15.9 Å². The van der Waals surface area contributed by atoms with Crippen LogP contribution in [0.3, 0.4) is 0 Å². The molecule has 0 spiro atoms.